The van der Waals surface area contributed by atoms with E-state index >= 15 is 0 Å². The van der Waals surface area contributed by atoms with E-state index in [9.17, 15) is 14.4 Å². The van der Waals surface area contributed by atoms with Crippen LogP contribution in [0.5, 0.6) is 0 Å². The van der Waals surface area contributed by atoms with E-state index < -0.39 is 6.09 Å². The van der Waals surface area contributed by atoms with Crippen LogP contribution in [0.4, 0.5) is 21.0 Å². The van der Waals surface area contributed by atoms with E-state index in [1.165, 1.54) is 7.11 Å². The lowest BCUT2D eigenvalue weighted by Gasteiger charge is -2.21. The number of methoxy groups -OCH3 is 1. The van der Waals surface area contributed by atoms with Crippen LogP contribution >= 0.6 is 0 Å². The van der Waals surface area contributed by atoms with E-state index in [0.717, 1.165) is 13.0 Å². The fourth-order valence-corrected chi connectivity index (χ4v) is 2.51. The molecule has 0 radical (unpaired) electrons. The van der Waals surface area contributed by atoms with Gasteiger partial charge in [0.2, 0.25) is 5.91 Å². The predicted molar refractivity (Wildman–Crippen MR) is 89.9 cm³/mol. The molecule has 8 nitrogen and oxygen atoms in total. The van der Waals surface area contributed by atoms with Gasteiger partial charge in [0.05, 0.1) is 7.11 Å². The van der Waals surface area contributed by atoms with Crippen LogP contribution in [0.1, 0.15) is 19.8 Å². The molecular weight excluding hydrogens is 312 g/mol. The first-order chi connectivity index (χ1) is 11.5. The maximum absolute atomic E-state index is 12.0. The first kappa shape index (κ1) is 17.6. The number of anilines is 2. The first-order valence-corrected chi connectivity index (χ1v) is 7.78. The number of hydrogen-bond donors (Lipinski definition) is 3. The van der Waals surface area contributed by atoms with E-state index in [2.05, 4.69) is 20.7 Å². The van der Waals surface area contributed by atoms with E-state index in [1.807, 2.05) is 6.92 Å². The second kappa shape index (κ2) is 8.19. The van der Waals surface area contributed by atoms with Crippen molar-refractivity contribution >= 4 is 29.4 Å². The van der Waals surface area contributed by atoms with Crippen LogP contribution in [0.2, 0.25) is 0 Å². The summed E-state index contributed by atoms with van der Waals surface area (Å²) in [5.74, 6) is 0.130. The van der Waals surface area contributed by atoms with Crippen molar-refractivity contribution in [2.45, 2.75) is 25.8 Å². The van der Waals surface area contributed by atoms with Gasteiger partial charge in [0, 0.05) is 36.9 Å². The van der Waals surface area contributed by atoms with Crippen molar-refractivity contribution in [3.63, 3.8) is 0 Å². The zero-order chi connectivity index (χ0) is 17.5. The minimum absolute atomic E-state index is 0.130. The summed E-state index contributed by atoms with van der Waals surface area (Å²) in [5, 5.41) is 8.01. The summed E-state index contributed by atoms with van der Waals surface area (Å²) >= 11 is 0. The number of hydrogen-bond acceptors (Lipinski definition) is 4. The van der Waals surface area contributed by atoms with Crippen LogP contribution in [-0.4, -0.2) is 49.2 Å². The highest BCUT2D eigenvalue weighted by Crippen LogP contribution is 2.15. The molecule has 130 valence electrons. The Labute approximate surface area is 140 Å². The van der Waals surface area contributed by atoms with Crippen LogP contribution in [0, 0.1) is 0 Å². The third-order valence-electron chi connectivity index (χ3n) is 3.60. The van der Waals surface area contributed by atoms with Gasteiger partial charge in [-0.3, -0.25) is 10.1 Å². The summed E-state index contributed by atoms with van der Waals surface area (Å²) in [6.07, 6.45) is 0.872. The number of likely N-dealkylation sites (tertiary alicyclic amines) is 1. The summed E-state index contributed by atoms with van der Waals surface area (Å²) in [4.78, 5) is 36.6. The monoisotopic (exact) mass is 334 g/mol. The molecule has 1 unspecified atom stereocenters. The molecular formula is C16H22N4O4. The lowest BCUT2D eigenvalue weighted by Crippen LogP contribution is -2.44. The van der Waals surface area contributed by atoms with Crippen LogP contribution in [-0.2, 0) is 9.53 Å². The molecule has 1 aliphatic rings. The molecule has 0 aromatic heterocycles. The lowest BCUT2D eigenvalue weighted by molar-refractivity contribution is -0.127. The Bertz CT molecular complexity index is 620. The molecule has 0 saturated carbocycles. The average molecular weight is 334 g/mol. The van der Waals surface area contributed by atoms with Crippen LogP contribution in [0.25, 0.3) is 0 Å². The van der Waals surface area contributed by atoms with Crippen LogP contribution < -0.4 is 16.0 Å². The Balaban J connectivity index is 1.84. The highest BCUT2D eigenvalue weighted by molar-refractivity contribution is 5.91. The van der Waals surface area contributed by atoms with Crippen LogP contribution in [0.15, 0.2) is 24.3 Å². The largest absolute Gasteiger partial charge is 0.453 e. The van der Waals surface area contributed by atoms with Gasteiger partial charge in [-0.05, 0) is 31.5 Å². The topological polar surface area (TPSA) is 99.8 Å². The zero-order valence-corrected chi connectivity index (χ0v) is 13.8. The van der Waals surface area contributed by atoms with Crippen molar-refractivity contribution in [1.82, 2.24) is 10.2 Å². The molecule has 1 aliphatic heterocycles. The number of rotatable bonds is 5. The molecule has 3 N–H and O–H groups in total. The molecule has 1 atom stereocenters. The van der Waals surface area contributed by atoms with Gasteiger partial charge in [0.15, 0.2) is 0 Å². The first-order valence-electron chi connectivity index (χ1n) is 7.78. The standard InChI is InChI=1S/C16H22N4O4/c1-11(10-20-8-4-7-14(20)21)17-15(22)18-12-5-3-6-13(9-12)19-16(23)24-2/h3,5-6,9,11H,4,7-8,10H2,1-2H3,(H,19,23)(H2,17,18,22). The number of urea groups is 1. The van der Waals surface area contributed by atoms with E-state index in [4.69, 9.17) is 0 Å². The SMILES string of the molecule is COC(=O)Nc1cccc(NC(=O)NC(C)CN2CCCC2=O)c1. The molecule has 4 amide bonds. The molecule has 1 fully saturated rings. The summed E-state index contributed by atoms with van der Waals surface area (Å²) in [7, 11) is 1.28. The Kier molecular flexibility index (Phi) is 6.00. The average Bonchev–Trinajstić information content (AvgIpc) is 2.92. The number of amides is 4. The Morgan fingerprint density at radius 1 is 1.29 bits per heavy atom. The Hall–Kier alpha value is -2.77. The fourth-order valence-electron chi connectivity index (χ4n) is 2.51. The van der Waals surface area contributed by atoms with Gasteiger partial charge in [-0.1, -0.05) is 6.07 Å². The highest BCUT2D eigenvalue weighted by Gasteiger charge is 2.22. The highest BCUT2D eigenvalue weighted by atomic mass is 16.5. The van der Waals surface area contributed by atoms with E-state index in [1.54, 1.807) is 29.2 Å². The number of nitrogens with one attached hydrogen (secondary N) is 3. The molecule has 2 rings (SSSR count). The zero-order valence-electron chi connectivity index (χ0n) is 13.8. The summed E-state index contributed by atoms with van der Waals surface area (Å²) in [5.41, 5.74) is 1.04. The number of carbonyl (C=O) groups is 3. The van der Waals surface area contributed by atoms with Crippen molar-refractivity contribution in [2.75, 3.05) is 30.8 Å². The van der Waals surface area contributed by atoms with Crippen molar-refractivity contribution in [2.24, 2.45) is 0 Å². The van der Waals surface area contributed by atoms with Gasteiger partial charge in [0.25, 0.3) is 0 Å². The van der Waals surface area contributed by atoms with Crippen LogP contribution in [0.3, 0.4) is 0 Å². The van der Waals surface area contributed by atoms with Crippen molar-refractivity contribution in [3.05, 3.63) is 24.3 Å². The molecule has 1 heterocycles. The number of ether oxygens (including phenoxy) is 1. The van der Waals surface area contributed by atoms with Gasteiger partial charge in [0.1, 0.15) is 0 Å². The Morgan fingerprint density at radius 2 is 2.00 bits per heavy atom. The van der Waals surface area contributed by atoms with Gasteiger partial charge in [-0.25, -0.2) is 9.59 Å². The smallest absolute Gasteiger partial charge is 0.411 e. The molecule has 1 aromatic rings. The predicted octanol–water partition coefficient (Wildman–Crippen LogP) is 2.00. The normalized spacial score (nSPS) is 14.9. The maximum atomic E-state index is 12.0. The van der Waals surface area contributed by atoms with Crippen molar-refractivity contribution in [3.8, 4) is 0 Å². The molecule has 0 spiro atoms. The van der Waals surface area contributed by atoms with Crippen molar-refractivity contribution < 1.29 is 19.1 Å². The lowest BCUT2D eigenvalue weighted by atomic mass is 10.2. The quantitative estimate of drug-likeness (QED) is 0.767. The fraction of sp³-hybridized carbons (Fsp3) is 0.438. The molecule has 24 heavy (non-hydrogen) atoms. The molecule has 1 aromatic carbocycles. The number of nitrogens with zero attached hydrogens (tertiary/aromatic N) is 1. The minimum atomic E-state index is -0.583. The molecule has 8 heteroatoms. The third-order valence-corrected chi connectivity index (χ3v) is 3.60. The summed E-state index contributed by atoms with van der Waals surface area (Å²) in [6, 6.07) is 6.17. The van der Waals surface area contributed by atoms with Gasteiger partial charge < -0.3 is 20.3 Å². The minimum Gasteiger partial charge on any atom is -0.453 e. The summed E-state index contributed by atoms with van der Waals surface area (Å²) < 4.78 is 4.52. The van der Waals surface area contributed by atoms with Gasteiger partial charge >= 0.3 is 12.1 Å². The van der Waals surface area contributed by atoms with Gasteiger partial charge in [-0.15, -0.1) is 0 Å². The second-order valence-corrected chi connectivity index (χ2v) is 5.64. The molecule has 0 aliphatic carbocycles. The summed E-state index contributed by atoms with van der Waals surface area (Å²) in [6.45, 7) is 3.09. The second-order valence-electron chi connectivity index (χ2n) is 5.64. The Morgan fingerprint density at radius 3 is 2.62 bits per heavy atom. The third kappa shape index (κ3) is 5.15. The number of carbonyl (C=O) groups excluding carboxylic acids is 3. The molecule has 1 saturated heterocycles. The maximum Gasteiger partial charge on any atom is 0.411 e. The van der Waals surface area contributed by atoms with Crippen molar-refractivity contribution in [1.29, 1.82) is 0 Å². The molecule has 0 bridgehead atoms. The number of benzene rings is 1. The van der Waals surface area contributed by atoms with Gasteiger partial charge in [-0.2, -0.15) is 0 Å². The van der Waals surface area contributed by atoms with E-state index in [-0.39, 0.29) is 18.0 Å². The van der Waals surface area contributed by atoms with E-state index in [0.29, 0.717) is 24.3 Å².